The second-order valence-corrected chi connectivity index (χ2v) is 7.51. The van der Waals surface area contributed by atoms with Crippen molar-refractivity contribution < 1.29 is 19.4 Å². The van der Waals surface area contributed by atoms with Crippen molar-refractivity contribution in [2.45, 2.75) is 26.2 Å². The van der Waals surface area contributed by atoms with E-state index in [0.29, 0.717) is 10.9 Å². The van der Waals surface area contributed by atoms with Crippen LogP contribution in [0.1, 0.15) is 47.1 Å². The SMILES string of the molecule is CC(C)(C)c1ccc(C(=O)COC(=O)c2ccc3ccccc3c2O)cc1. The highest BCUT2D eigenvalue weighted by Gasteiger charge is 2.18. The third kappa shape index (κ3) is 4.00. The van der Waals surface area contributed by atoms with Crippen LogP contribution in [0.4, 0.5) is 0 Å². The molecule has 3 aromatic carbocycles. The number of ether oxygens (including phenoxy) is 1. The van der Waals surface area contributed by atoms with Gasteiger partial charge in [0.2, 0.25) is 0 Å². The third-order valence-corrected chi connectivity index (χ3v) is 4.53. The predicted molar refractivity (Wildman–Crippen MR) is 105 cm³/mol. The van der Waals surface area contributed by atoms with Gasteiger partial charge in [-0.05, 0) is 22.4 Å². The quantitative estimate of drug-likeness (QED) is 0.530. The fourth-order valence-corrected chi connectivity index (χ4v) is 2.87. The van der Waals surface area contributed by atoms with Gasteiger partial charge in [0, 0.05) is 10.9 Å². The van der Waals surface area contributed by atoms with Crippen LogP contribution < -0.4 is 0 Å². The molecule has 3 aromatic rings. The highest BCUT2D eigenvalue weighted by Crippen LogP contribution is 2.29. The predicted octanol–water partition coefficient (Wildman–Crippen LogP) is 4.88. The number of hydrogen-bond donors (Lipinski definition) is 1. The van der Waals surface area contributed by atoms with Crippen LogP contribution in [0.25, 0.3) is 10.8 Å². The Hall–Kier alpha value is -3.14. The molecule has 0 saturated heterocycles. The number of ketones is 1. The van der Waals surface area contributed by atoms with Crippen LogP contribution in [0.3, 0.4) is 0 Å². The van der Waals surface area contributed by atoms with E-state index in [1.807, 2.05) is 24.3 Å². The highest BCUT2D eigenvalue weighted by atomic mass is 16.5. The summed E-state index contributed by atoms with van der Waals surface area (Å²) in [6, 6.07) is 17.7. The summed E-state index contributed by atoms with van der Waals surface area (Å²) in [7, 11) is 0. The van der Waals surface area contributed by atoms with Gasteiger partial charge in [-0.1, -0.05) is 75.4 Å². The van der Waals surface area contributed by atoms with Crippen LogP contribution in [0.5, 0.6) is 5.75 Å². The molecule has 0 saturated carbocycles. The van der Waals surface area contributed by atoms with Gasteiger partial charge in [0.05, 0.1) is 0 Å². The normalized spacial score (nSPS) is 11.4. The van der Waals surface area contributed by atoms with Gasteiger partial charge in [-0.15, -0.1) is 0 Å². The number of carbonyl (C=O) groups is 2. The zero-order valence-corrected chi connectivity index (χ0v) is 15.7. The van der Waals surface area contributed by atoms with E-state index in [9.17, 15) is 14.7 Å². The Kier molecular flexibility index (Phi) is 5.00. The zero-order chi connectivity index (χ0) is 19.6. The number of carbonyl (C=O) groups excluding carboxylic acids is 2. The van der Waals surface area contributed by atoms with E-state index in [0.717, 1.165) is 10.9 Å². The van der Waals surface area contributed by atoms with Gasteiger partial charge in [-0.2, -0.15) is 0 Å². The Bertz CT molecular complexity index is 995. The minimum absolute atomic E-state index is 0.00164. The molecule has 0 radical (unpaired) electrons. The molecule has 4 nitrogen and oxygen atoms in total. The minimum Gasteiger partial charge on any atom is -0.506 e. The Morgan fingerprint density at radius 3 is 2.26 bits per heavy atom. The molecule has 0 unspecified atom stereocenters. The molecule has 0 bridgehead atoms. The molecular weight excluding hydrogens is 340 g/mol. The summed E-state index contributed by atoms with van der Waals surface area (Å²) in [5, 5.41) is 11.7. The molecule has 0 amide bonds. The van der Waals surface area contributed by atoms with Crippen LogP contribution in [0.2, 0.25) is 0 Å². The molecule has 0 aliphatic heterocycles. The molecule has 0 fully saturated rings. The van der Waals surface area contributed by atoms with Crippen molar-refractivity contribution in [2.24, 2.45) is 0 Å². The van der Waals surface area contributed by atoms with E-state index in [2.05, 4.69) is 20.8 Å². The van der Waals surface area contributed by atoms with Crippen LogP contribution in [0, 0.1) is 0 Å². The number of phenols is 1. The maximum absolute atomic E-state index is 12.3. The largest absolute Gasteiger partial charge is 0.506 e. The fraction of sp³-hybridized carbons (Fsp3) is 0.217. The van der Waals surface area contributed by atoms with Crippen molar-refractivity contribution in [3.05, 3.63) is 77.4 Å². The average molecular weight is 362 g/mol. The lowest BCUT2D eigenvalue weighted by Gasteiger charge is -2.18. The van der Waals surface area contributed by atoms with Crippen LogP contribution >= 0.6 is 0 Å². The lowest BCUT2D eigenvalue weighted by Crippen LogP contribution is -2.15. The second kappa shape index (κ2) is 7.23. The van der Waals surface area contributed by atoms with Gasteiger partial charge in [-0.25, -0.2) is 4.79 Å². The summed E-state index contributed by atoms with van der Waals surface area (Å²) in [6.07, 6.45) is 0. The Labute approximate surface area is 158 Å². The number of benzene rings is 3. The third-order valence-electron chi connectivity index (χ3n) is 4.53. The standard InChI is InChI=1S/C23H22O4/c1-23(2,3)17-11-8-16(9-12-17)20(24)14-27-22(26)19-13-10-15-6-4-5-7-18(15)21(19)25/h4-13,25H,14H2,1-3H3. The lowest BCUT2D eigenvalue weighted by molar-refractivity contribution is 0.0472. The van der Waals surface area contributed by atoms with Crippen molar-refractivity contribution >= 4 is 22.5 Å². The van der Waals surface area contributed by atoms with E-state index in [-0.39, 0.29) is 29.1 Å². The van der Waals surface area contributed by atoms with Crippen molar-refractivity contribution in [2.75, 3.05) is 6.61 Å². The summed E-state index contributed by atoms with van der Waals surface area (Å²) >= 11 is 0. The van der Waals surface area contributed by atoms with Gasteiger partial charge < -0.3 is 9.84 Å². The maximum Gasteiger partial charge on any atom is 0.342 e. The molecule has 138 valence electrons. The molecule has 0 aliphatic rings. The summed E-state index contributed by atoms with van der Waals surface area (Å²) in [6.45, 7) is 5.92. The first-order valence-corrected chi connectivity index (χ1v) is 8.79. The van der Waals surface area contributed by atoms with E-state index < -0.39 is 5.97 Å². The first kappa shape index (κ1) is 18.6. The van der Waals surface area contributed by atoms with Crippen LogP contribution in [-0.2, 0) is 10.2 Å². The highest BCUT2D eigenvalue weighted by molar-refractivity contribution is 6.03. The Morgan fingerprint density at radius 1 is 0.926 bits per heavy atom. The topological polar surface area (TPSA) is 63.6 Å². The number of Topliss-reactive ketones (excluding diaryl/α,β-unsaturated/α-hetero) is 1. The van der Waals surface area contributed by atoms with Crippen molar-refractivity contribution in [3.63, 3.8) is 0 Å². The molecule has 3 rings (SSSR count). The van der Waals surface area contributed by atoms with Gasteiger partial charge in [0.15, 0.2) is 12.4 Å². The van der Waals surface area contributed by atoms with Crippen molar-refractivity contribution in [3.8, 4) is 5.75 Å². The Morgan fingerprint density at radius 2 is 1.59 bits per heavy atom. The average Bonchev–Trinajstić information content (AvgIpc) is 2.66. The maximum atomic E-state index is 12.3. The molecule has 0 aromatic heterocycles. The summed E-state index contributed by atoms with van der Waals surface area (Å²) < 4.78 is 5.12. The van der Waals surface area contributed by atoms with Crippen LogP contribution in [0.15, 0.2) is 60.7 Å². The van der Waals surface area contributed by atoms with Crippen molar-refractivity contribution in [1.82, 2.24) is 0 Å². The number of fused-ring (bicyclic) bond motifs is 1. The number of esters is 1. The minimum atomic E-state index is -0.724. The number of phenolic OH excluding ortho intramolecular Hbond substituents is 1. The molecule has 0 atom stereocenters. The fourth-order valence-electron chi connectivity index (χ4n) is 2.87. The molecule has 27 heavy (non-hydrogen) atoms. The lowest BCUT2D eigenvalue weighted by atomic mass is 9.86. The van der Waals surface area contributed by atoms with Gasteiger partial charge >= 0.3 is 5.97 Å². The van der Waals surface area contributed by atoms with E-state index in [1.165, 1.54) is 6.07 Å². The van der Waals surface area contributed by atoms with E-state index in [4.69, 9.17) is 4.74 Å². The number of hydrogen-bond acceptors (Lipinski definition) is 4. The second-order valence-electron chi connectivity index (χ2n) is 7.51. The van der Waals surface area contributed by atoms with Gasteiger partial charge in [0.25, 0.3) is 0 Å². The first-order valence-electron chi connectivity index (χ1n) is 8.79. The number of aromatic hydroxyl groups is 1. The molecule has 0 heterocycles. The van der Waals surface area contributed by atoms with E-state index in [1.54, 1.807) is 30.3 Å². The molecule has 4 heteroatoms. The van der Waals surface area contributed by atoms with Gasteiger partial charge in [0.1, 0.15) is 11.3 Å². The summed E-state index contributed by atoms with van der Waals surface area (Å²) in [5.74, 6) is -1.15. The molecule has 1 N–H and O–H groups in total. The monoisotopic (exact) mass is 362 g/mol. The van der Waals surface area contributed by atoms with Crippen molar-refractivity contribution in [1.29, 1.82) is 0 Å². The van der Waals surface area contributed by atoms with Crippen LogP contribution in [-0.4, -0.2) is 23.5 Å². The van der Waals surface area contributed by atoms with E-state index >= 15 is 0 Å². The summed E-state index contributed by atoms with van der Waals surface area (Å²) in [5.41, 5.74) is 1.65. The molecule has 0 spiro atoms. The van der Waals surface area contributed by atoms with Gasteiger partial charge in [-0.3, -0.25) is 4.79 Å². The zero-order valence-electron chi connectivity index (χ0n) is 15.7. The first-order chi connectivity index (χ1) is 12.8. The molecule has 0 aliphatic carbocycles. The Balaban J connectivity index is 1.70. The molecular formula is C23H22O4. The summed E-state index contributed by atoms with van der Waals surface area (Å²) in [4.78, 5) is 24.6. The number of rotatable bonds is 4. The smallest absolute Gasteiger partial charge is 0.342 e.